The summed E-state index contributed by atoms with van der Waals surface area (Å²) in [6, 6.07) is 11.3. The number of Topliss-reactive ketones (excluding diaryl/α,β-unsaturated/α-hetero) is 1. The van der Waals surface area contributed by atoms with Gasteiger partial charge in [0.1, 0.15) is 6.04 Å². The van der Waals surface area contributed by atoms with Crippen LogP contribution in [0.5, 0.6) is 0 Å². The molecule has 146 valence electrons. The van der Waals surface area contributed by atoms with Crippen molar-refractivity contribution in [3.05, 3.63) is 59.7 Å². The van der Waals surface area contributed by atoms with Gasteiger partial charge in [-0.05, 0) is 44.5 Å². The van der Waals surface area contributed by atoms with Crippen LogP contribution in [0.1, 0.15) is 35.7 Å². The molecular weight excluding hydrogens is 380 g/mol. The Kier molecular flexibility index (Phi) is 5.33. The fourth-order valence-corrected chi connectivity index (χ4v) is 4.67. The summed E-state index contributed by atoms with van der Waals surface area (Å²) in [4.78, 5) is 36.5. The van der Waals surface area contributed by atoms with E-state index >= 15 is 0 Å². The number of rotatable bonds is 5. The van der Waals surface area contributed by atoms with Crippen LogP contribution in [0, 0.1) is 6.92 Å². The Morgan fingerprint density at radius 3 is 2.43 bits per heavy atom. The van der Waals surface area contributed by atoms with Gasteiger partial charge in [-0.15, -0.1) is 0 Å². The zero-order chi connectivity index (χ0) is 20.5. The number of sulfonamides is 1. The Hall–Kier alpha value is -3.00. The van der Waals surface area contributed by atoms with Crippen LogP contribution in [-0.2, 0) is 19.6 Å². The number of benzene rings is 2. The summed E-state index contributed by atoms with van der Waals surface area (Å²) < 4.78 is 26.6. The van der Waals surface area contributed by atoms with Gasteiger partial charge in [0.15, 0.2) is 5.78 Å². The number of aryl methyl sites for hydroxylation is 1. The van der Waals surface area contributed by atoms with E-state index in [0.29, 0.717) is 15.6 Å². The third-order valence-electron chi connectivity index (χ3n) is 4.58. The first-order chi connectivity index (χ1) is 13.2. The Morgan fingerprint density at radius 2 is 1.79 bits per heavy atom. The molecule has 3 rings (SSSR count). The highest BCUT2D eigenvalue weighted by Crippen LogP contribution is 2.28. The number of ketones is 1. The highest BCUT2D eigenvalue weighted by Gasteiger charge is 2.44. The van der Waals surface area contributed by atoms with Gasteiger partial charge in [-0.1, -0.05) is 29.8 Å². The van der Waals surface area contributed by atoms with Gasteiger partial charge in [0, 0.05) is 17.7 Å². The van der Waals surface area contributed by atoms with E-state index in [1.54, 1.807) is 30.3 Å². The Balaban J connectivity index is 1.87. The molecule has 28 heavy (non-hydrogen) atoms. The van der Waals surface area contributed by atoms with Gasteiger partial charge in [0.2, 0.25) is 11.8 Å². The Bertz CT molecular complexity index is 1040. The summed E-state index contributed by atoms with van der Waals surface area (Å²) >= 11 is 0. The topological polar surface area (TPSA) is 101 Å². The molecule has 2 aromatic carbocycles. The number of nitrogens with one attached hydrogen (secondary N) is 1. The summed E-state index contributed by atoms with van der Waals surface area (Å²) in [5.41, 5.74) is 1.67. The summed E-state index contributed by atoms with van der Waals surface area (Å²) in [5.74, 6) is -1.38. The lowest BCUT2D eigenvalue weighted by Gasteiger charge is -2.24. The first-order valence-electron chi connectivity index (χ1n) is 8.76. The summed E-state index contributed by atoms with van der Waals surface area (Å²) in [6.45, 7) is 3.23. The molecule has 8 heteroatoms. The first kappa shape index (κ1) is 19.8. The number of anilines is 1. The van der Waals surface area contributed by atoms with Gasteiger partial charge < -0.3 is 5.32 Å². The van der Waals surface area contributed by atoms with Gasteiger partial charge in [0.05, 0.1) is 4.90 Å². The van der Waals surface area contributed by atoms with Crippen molar-refractivity contribution in [1.82, 2.24) is 4.31 Å². The molecule has 7 nitrogen and oxygen atoms in total. The number of carbonyl (C=O) groups is 3. The zero-order valence-electron chi connectivity index (χ0n) is 15.5. The van der Waals surface area contributed by atoms with Crippen molar-refractivity contribution in [3.8, 4) is 0 Å². The van der Waals surface area contributed by atoms with Crippen molar-refractivity contribution in [2.24, 2.45) is 0 Å². The van der Waals surface area contributed by atoms with Gasteiger partial charge in [-0.25, -0.2) is 12.7 Å². The van der Waals surface area contributed by atoms with E-state index in [-0.39, 0.29) is 23.5 Å². The van der Waals surface area contributed by atoms with Crippen LogP contribution in [0.4, 0.5) is 5.69 Å². The van der Waals surface area contributed by atoms with Crippen molar-refractivity contribution in [1.29, 1.82) is 0 Å². The van der Waals surface area contributed by atoms with Crippen molar-refractivity contribution in [2.45, 2.75) is 37.6 Å². The monoisotopic (exact) mass is 400 g/mol. The van der Waals surface area contributed by atoms with Crippen molar-refractivity contribution < 1.29 is 22.8 Å². The van der Waals surface area contributed by atoms with E-state index in [1.165, 1.54) is 25.1 Å². The summed E-state index contributed by atoms with van der Waals surface area (Å²) in [5, 5.41) is 2.61. The molecule has 1 atom stereocenters. The smallest absolute Gasteiger partial charge is 0.267 e. The molecule has 1 heterocycles. The maximum atomic E-state index is 12.9. The number of carbonyl (C=O) groups excluding carboxylic acids is 3. The van der Waals surface area contributed by atoms with E-state index in [0.717, 1.165) is 5.56 Å². The molecule has 0 spiro atoms. The highest BCUT2D eigenvalue weighted by molar-refractivity contribution is 7.89. The molecule has 0 aliphatic carbocycles. The molecule has 2 aromatic rings. The number of hydrogen-bond acceptors (Lipinski definition) is 5. The lowest BCUT2D eigenvalue weighted by molar-refractivity contribution is -0.128. The van der Waals surface area contributed by atoms with Crippen LogP contribution in [0.15, 0.2) is 53.4 Å². The lowest BCUT2D eigenvalue weighted by atomic mass is 10.1. The molecular formula is C20H20N2O5S. The molecule has 0 radical (unpaired) electrons. The van der Waals surface area contributed by atoms with E-state index in [1.807, 2.05) is 6.92 Å². The molecule has 1 aliphatic rings. The van der Waals surface area contributed by atoms with Crippen LogP contribution in [0.3, 0.4) is 0 Å². The third kappa shape index (κ3) is 3.82. The predicted molar refractivity (Wildman–Crippen MR) is 103 cm³/mol. The SMILES string of the molecule is CC(=O)c1cccc(NC(=O)[C@H]2CCC(=O)N2S(=O)(=O)c2ccc(C)cc2)c1. The molecule has 0 aromatic heterocycles. The van der Waals surface area contributed by atoms with Crippen molar-refractivity contribution >= 4 is 33.3 Å². The standard InChI is InChI=1S/C20H20N2O5S/c1-13-6-8-17(9-7-13)28(26,27)22-18(10-11-19(22)24)20(25)21-16-5-3-4-15(12-16)14(2)23/h3-9,12,18H,10-11H2,1-2H3,(H,21,25)/t18-/m1/s1. The Morgan fingerprint density at radius 1 is 1.11 bits per heavy atom. The van der Waals surface area contributed by atoms with Crippen molar-refractivity contribution in [3.63, 3.8) is 0 Å². The minimum absolute atomic E-state index is 0.0311. The van der Waals surface area contributed by atoms with E-state index in [9.17, 15) is 22.8 Å². The molecule has 0 bridgehead atoms. The van der Waals surface area contributed by atoms with Gasteiger partial charge in [-0.3, -0.25) is 14.4 Å². The molecule has 2 amide bonds. The molecule has 0 saturated carbocycles. The number of nitrogens with zero attached hydrogens (tertiary/aromatic N) is 1. The fraction of sp³-hybridized carbons (Fsp3) is 0.250. The second-order valence-corrected chi connectivity index (χ2v) is 8.50. The maximum absolute atomic E-state index is 12.9. The zero-order valence-corrected chi connectivity index (χ0v) is 16.3. The maximum Gasteiger partial charge on any atom is 0.267 e. The minimum Gasteiger partial charge on any atom is -0.324 e. The van der Waals surface area contributed by atoms with Crippen LogP contribution in [0.2, 0.25) is 0 Å². The number of hydrogen-bond donors (Lipinski definition) is 1. The van der Waals surface area contributed by atoms with Gasteiger partial charge in [0.25, 0.3) is 10.0 Å². The highest BCUT2D eigenvalue weighted by atomic mass is 32.2. The number of amides is 2. The van der Waals surface area contributed by atoms with Crippen LogP contribution >= 0.6 is 0 Å². The first-order valence-corrected chi connectivity index (χ1v) is 10.2. The van der Waals surface area contributed by atoms with Crippen LogP contribution in [-0.4, -0.2) is 36.4 Å². The van der Waals surface area contributed by atoms with Crippen LogP contribution in [0.25, 0.3) is 0 Å². The Labute approximate surface area is 163 Å². The van der Waals surface area contributed by atoms with E-state index < -0.39 is 27.9 Å². The third-order valence-corrected chi connectivity index (χ3v) is 6.42. The molecule has 1 aliphatic heterocycles. The lowest BCUT2D eigenvalue weighted by Crippen LogP contribution is -2.45. The van der Waals surface area contributed by atoms with Crippen LogP contribution < -0.4 is 5.32 Å². The van der Waals surface area contributed by atoms with Crippen molar-refractivity contribution in [2.75, 3.05) is 5.32 Å². The molecule has 1 N–H and O–H groups in total. The largest absolute Gasteiger partial charge is 0.324 e. The second-order valence-electron chi connectivity index (χ2n) is 6.69. The predicted octanol–water partition coefficient (Wildman–Crippen LogP) is 2.52. The fourth-order valence-electron chi connectivity index (χ4n) is 3.07. The van der Waals surface area contributed by atoms with E-state index in [2.05, 4.69) is 5.32 Å². The quantitative estimate of drug-likeness (QED) is 0.777. The molecule has 1 saturated heterocycles. The summed E-state index contributed by atoms with van der Waals surface area (Å²) in [6.07, 6.45) is 0.0683. The van der Waals surface area contributed by atoms with Gasteiger partial charge >= 0.3 is 0 Å². The normalized spacial score (nSPS) is 16.9. The second kappa shape index (κ2) is 7.55. The average Bonchev–Trinajstić information content (AvgIpc) is 3.05. The van der Waals surface area contributed by atoms with E-state index in [4.69, 9.17) is 0 Å². The average molecular weight is 400 g/mol. The molecule has 0 unspecified atom stereocenters. The molecule has 1 fully saturated rings. The van der Waals surface area contributed by atoms with Gasteiger partial charge in [-0.2, -0.15) is 0 Å². The minimum atomic E-state index is -4.14. The summed E-state index contributed by atoms with van der Waals surface area (Å²) in [7, 11) is -4.14.